The van der Waals surface area contributed by atoms with Crippen LogP contribution >= 0.6 is 23.1 Å². The third-order valence-electron chi connectivity index (χ3n) is 3.05. The Kier molecular flexibility index (Phi) is 3.64. The van der Waals surface area contributed by atoms with Crippen molar-refractivity contribution in [2.45, 2.75) is 23.5 Å². The van der Waals surface area contributed by atoms with E-state index in [2.05, 4.69) is 10.3 Å². The van der Waals surface area contributed by atoms with Crippen molar-refractivity contribution in [3.05, 3.63) is 40.9 Å². The molecule has 1 N–H and O–H groups in total. The molecule has 3 rings (SSSR count). The molecule has 0 spiro atoms. The van der Waals surface area contributed by atoms with E-state index in [1.807, 2.05) is 24.3 Å². The second-order valence-electron chi connectivity index (χ2n) is 4.41. The van der Waals surface area contributed by atoms with E-state index in [-0.39, 0.29) is 6.04 Å². The maximum absolute atomic E-state index is 12.5. The highest BCUT2D eigenvalue weighted by molar-refractivity contribution is 7.99. The van der Waals surface area contributed by atoms with Gasteiger partial charge in [0, 0.05) is 16.0 Å². The third kappa shape index (κ3) is 2.78. The Bertz CT molecular complexity index is 610. The molecule has 7 heteroatoms. The number of nitrogens with zero attached hydrogens (tertiary/aromatic N) is 1. The van der Waals surface area contributed by atoms with Crippen molar-refractivity contribution < 1.29 is 13.2 Å². The molecule has 0 radical (unpaired) electrons. The lowest BCUT2D eigenvalue weighted by Gasteiger charge is -2.25. The molecule has 0 aliphatic carbocycles. The number of anilines is 1. The Labute approximate surface area is 122 Å². The van der Waals surface area contributed by atoms with Gasteiger partial charge in [-0.15, -0.1) is 23.1 Å². The molecule has 2 heterocycles. The molecule has 20 heavy (non-hydrogen) atoms. The number of nitrogens with one attached hydrogen (secondary N) is 1. The van der Waals surface area contributed by atoms with Crippen LogP contribution in [0.3, 0.4) is 0 Å². The average molecular weight is 316 g/mol. The van der Waals surface area contributed by atoms with Crippen molar-refractivity contribution in [2.75, 3.05) is 11.1 Å². The van der Waals surface area contributed by atoms with Crippen molar-refractivity contribution in [1.29, 1.82) is 0 Å². The van der Waals surface area contributed by atoms with Gasteiger partial charge in [0.15, 0.2) is 10.8 Å². The Morgan fingerprint density at radius 2 is 2.05 bits per heavy atom. The molecule has 0 bridgehead atoms. The molecule has 0 saturated carbocycles. The maximum Gasteiger partial charge on any atom is 0.434 e. The van der Waals surface area contributed by atoms with Gasteiger partial charge in [-0.1, -0.05) is 18.2 Å². The number of rotatable bonds is 2. The Balaban J connectivity index is 1.81. The minimum Gasteiger partial charge on any atom is -0.355 e. The second kappa shape index (κ2) is 5.29. The molecule has 1 aliphatic rings. The number of benzene rings is 1. The first-order valence-corrected chi connectivity index (χ1v) is 7.91. The van der Waals surface area contributed by atoms with E-state index in [4.69, 9.17) is 0 Å². The molecule has 1 unspecified atom stereocenters. The SMILES string of the molecule is FC(F)(F)c1csc(NC2CCSc3ccccc32)n1. The van der Waals surface area contributed by atoms with Gasteiger partial charge in [0.25, 0.3) is 0 Å². The highest BCUT2D eigenvalue weighted by Gasteiger charge is 2.34. The van der Waals surface area contributed by atoms with E-state index in [0.29, 0.717) is 5.13 Å². The van der Waals surface area contributed by atoms with Gasteiger partial charge < -0.3 is 5.32 Å². The van der Waals surface area contributed by atoms with E-state index >= 15 is 0 Å². The quantitative estimate of drug-likeness (QED) is 0.860. The first kappa shape index (κ1) is 13.8. The van der Waals surface area contributed by atoms with E-state index in [0.717, 1.165) is 34.5 Å². The summed E-state index contributed by atoms with van der Waals surface area (Å²) in [5, 5.41) is 4.49. The minimum atomic E-state index is -4.38. The summed E-state index contributed by atoms with van der Waals surface area (Å²) in [6, 6.07) is 8.00. The van der Waals surface area contributed by atoms with Gasteiger partial charge in [0.2, 0.25) is 0 Å². The summed E-state index contributed by atoms with van der Waals surface area (Å²) in [4.78, 5) is 4.81. The lowest BCUT2D eigenvalue weighted by Crippen LogP contribution is -2.16. The molecule has 0 amide bonds. The van der Waals surface area contributed by atoms with Gasteiger partial charge in [-0.2, -0.15) is 13.2 Å². The van der Waals surface area contributed by atoms with E-state index in [1.54, 1.807) is 11.8 Å². The summed E-state index contributed by atoms with van der Waals surface area (Å²) in [7, 11) is 0. The van der Waals surface area contributed by atoms with Gasteiger partial charge in [-0.05, 0) is 18.1 Å². The fourth-order valence-electron chi connectivity index (χ4n) is 2.11. The van der Waals surface area contributed by atoms with Crippen molar-refractivity contribution in [2.24, 2.45) is 0 Å². The van der Waals surface area contributed by atoms with Crippen LogP contribution in [0.25, 0.3) is 0 Å². The van der Waals surface area contributed by atoms with E-state index in [1.165, 1.54) is 4.90 Å². The van der Waals surface area contributed by atoms with Crippen molar-refractivity contribution in [1.82, 2.24) is 4.98 Å². The minimum absolute atomic E-state index is 0.0275. The largest absolute Gasteiger partial charge is 0.434 e. The predicted octanol–water partition coefficient (Wildman–Crippen LogP) is 4.81. The van der Waals surface area contributed by atoms with Crippen LogP contribution < -0.4 is 5.32 Å². The van der Waals surface area contributed by atoms with Crippen LogP contribution in [-0.4, -0.2) is 10.7 Å². The number of fused-ring (bicyclic) bond motifs is 1. The molecule has 106 valence electrons. The number of thioether (sulfide) groups is 1. The van der Waals surface area contributed by atoms with Crippen LogP contribution in [-0.2, 0) is 6.18 Å². The fourth-order valence-corrected chi connectivity index (χ4v) is 4.01. The molecule has 1 aromatic heterocycles. The molecule has 2 nitrogen and oxygen atoms in total. The Morgan fingerprint density at radius 3 is 2.80 bits per heavy atom. The molecular weight excluding hydrogens is 305 g/mol. The molecular formula is C13H11F3N2S2. The number of aromatic nitrogens is 1. The van der Waals surface area contributed by atoms with Gasteiger partial charge in [0.1, 0.15) is 0 Å². The lowest BCUT2D eigenvalue weighted by molar-refractivity contribution is -0.140. The molecule has 1 atom stereocenters. The summed E-state index contributed by atoms with van der Waals surface area (Å²) >= 11 is 2.77. The second-order valence-corrected chi connectivity index (χ2v) is 6.40. The third-order valence-corrected chi connectivity index (χ3v) is 4.95. The smallest absolute Gasteiger partial charge is 0.355 e. The van der Waals surface area contributed by atoms with Crippen molar-refractivity contribution >= 4 is 28.2 Å². The molecule has 1 aliphatic heterocycles. The zero-order valence-electron chi connectivity index (χ0n) is 10.3. The predicted molar refractivity (Wildman–Crippen MR) is 75.3 cm³/mol. The summed E-state index contributed by atoms with van der Waals surface area (Å²) in [6.07, 6.45) is -3.50. The molecule has 0 fully saturated rings. The highest BCUT2D eigenvalue weighted by Crippen LogP contribution is 2.39. The first-order chi connectivity index (χ1) is 9.54. The van der Waals surface area contributed by atoms with Crippen LogP contribution in [0.1, 0.15) is 23.7 Å². The number of alkyl halides is 3. The first-order valence-electron chi connectivity index (χ1n) is 6.05. The summed E-state index contributed by atoms with van der Waals surface area (Å²) in [5.74, 6) is 0.951. The van der Waals surface area contributed by atoms with Crippen molar-refractivity contribution in [3.63, 3.8) is 0 Å². The number of halogens is 3. The molecule has 0 saturated heterocycles. The van der Waals surface area contributed by atoms with E-state index < -0.39 is 11.9 Å². The van der Waals surface area contributed by atoms with Crippen LogP contribution in [0.2, 0.25) is 0 Å². The van der Waals surface area contributed by atoms with Gasteiger partial charge in [-0.3, -0.25) is 0 Å². The van der Waals surface area contributed by atoms with Crippen LogP contribution in [0.4, 0.5) is 18.3 Å². The Hall–Kier alpha value is -1.21. The Morgan fingerprint density at radius 1 is 1.25 bits per heavy atom. The fraction of sp³-hybridized carbons (Fsp3) is 0.308. The topological polar surface area (TPSA) is 24.9 Å². The number of hydrogen-bond donors (Lipinski definition) is 1. The number of hydrogen-bond acceptors (Lipinski definition) is 4. The highest BCUT2D eigenvalue weighted by atomic mass is 32.2. The zero-order valence-corrected chi connectivity index (χ0v) is 11.9. The van der Waals surface area contributed by atoms with Crippen molar-refractivity contribution in [3.8, 4) is 0 Å². The monoisotopic (exact) mass is 316 g/mol. The van der Waals surface area contributed by atoms with Gasteiger partial charge in [0.05, 0.1) is 6.04 Å². The summed E-state index contributed by atoms with van der Waals surface area (Å²) in [5.41, 5.74) is 0.302. The summed E-state index contributed by atoms with van der Waals surface area (Å²) < 4.78 is 37.6. The normalized spacial score (nSPS) is 18.6. The zero-order chi connectivity index (χ0) is 14.2. The lowest BCUT2D eigenvalue weighted by atomic mass is 10.0. The number of thiazole rings is 1. The average Bonchev–Trinajstić information content (AvgIpc) is 2.88. The van der Waals surface area contributed by atoms with Crippen LogP contribution in [0.5, 0.6) is 0 Å². The van der Waals surface area contributed by atoms with Crippen LogP contribution in [0, 0.1) is 0 Å². The van der Waals surface area contributed by atoms with Gasteiger partial charge >= 0.3 is 6.18 Å². The standard InChI is InChI=1S/C13H11F3N2S2/c14-13(15,16)11-7-20-12(18-11)17-9-5-6-19-10-4-2-1-3-8(9)10/h1-4,7,9H,5-6H2,(H,17,18). The van der Waals surface area contributed by atoms with E-state index in [9.17, 15) is 13.2 Å². The van der Waals surface area contributed by atoms with Gasteiger partial charge in [-0.25, -0.2) is 4.98 Å². The molecule has 1 aromatic carbocycles. The molecule has 2 aromatic rings. The van der Waals surface area contributed by atoms with Crippen LogP contribution in [0.15, 0.2) is 34.5 Å². The maximum atomic E-state index is 12.5. The summed E-state index contributed by atoms with van der Waals surface area (Å²) in [6.45, 7) is 0.